The first-order valence-corrected chi connectivity index (χ1v) is 5.11. The van der Waals surface area contributed by atoms with Crippen molar-refractivity contribution in [2.24, 2.45) is 10.9 Å². The molecule has 0 radical (unpaired) electrons. The fourth-order valence-electron chi connectivity index (χ4n) is 1.53. The van der Waals surface area contributed by atoms with Crippen LogP contribution in [0.1, 0.15) is 5.76 Å². The molecule has 0 unspecified atom stereocenters. The molecule has 0 aliphatic rings. The van der Waals surface area contributed by atoms with Gasteiger partial charge in [-0.15, -0.1) is 0 Å². The van der Waals surface area contributed by atoms with E-state index >= 15 is 0 Å². The summed E-state index contributed by atoms with van der Waals surface area (Å²) in [4.78, 5) is 0. The number of furan rings is 1. The molecule has 0 aliphatic carbocycles. The second-order valence-corrected chi connectivity index (χ2v) is 3.65. The van der Waals surface area contributed by atoms with Crippen LogP contribution in [0.4, 0.5) is 13.2 Å². The van der Waals surface area contributed by atoms with E-state index in [2.05, 4.69) is 9.89 Å². The largest absolute Gasteiger partial charge is 0.479 e. The van der Waals surface area contributed by atoms with E-state index in [4.69, 9.17) is 15.4 Å². The Kier molecular flexibility index (Phi) is 3.24. The van der Waals surface area contributed by atoms with E-state index in [-0.39, 0.29) is 17.1 Å². The third-order valence-electron chi connectivity index (χ3n) is 2.27. The molecule has 1 aromatic heterocycles. The van der Waals surface area contributed by atoms with Gasteiger partial charge in [-0.3, -0.25) is 0 Å². The number of benzene rings is 1. The molecular formula is C11H9F3N2O3. The number of para-hydroxylation sites is 1. The number of rotatable bonds is 3. The maximum absolute atomic E-state index is 12.2. The second-order valence-electron chi connectivity index (χ2n) is 3.65. The molecule has 0 bridgehead atoms. The van der Waals surface area contributed by atoms with Gasteiger partial charge in [-0.25, -0.2) is 0 Å². The lowest BCUT2D eigenvalue weighted by Gasteiger charge is -2.08. The van der Waals surface area contributed by atoms with Crippen LogP contribution in [-0.4, -0.2) is 23.8 Å². The predicted octanol–water partition coefficient (Wildman–Crippen LogP) is 2.47. The smallest absolute Gasteiger partial charge is 0.422 e. The quantitative estimate of drug-likeness (QED) is 0.390. The summed E-state index contributed by atoms with van der Waals surface area (Å²) in [7, 11) is 0. The molecule has 19 heavy (non-hydrogen) atoms. The van der Waals surface area contributed by atoms with Crippen molar-refractivity contribution >= 4 is 16.8 Å². The summed E-state index contributed by atoms with van der Waals surface area (Å²) in [5.41, 5.74) is 5.62. The van der Waals surface area contributed by atoms with Crippen molar-refractivity contribution in [2.45, 2.75) is 6.18 Å². The predicted molar refractivity (Wildman–Crippen MR) is 60.3 cm³/mol. The summed E-state index contributed by atoms with van der Waals surface area (Å²) < 4.78 is 46.5. The topological polar surface area (TPSA) is 81.0 Å². The maximum Gasteiger partial charge on any atom is 0.422 e. The maximum atomic E-state index is 12.2. The van der Waals surface area contributed by atoms with Gasteiger partial charge < -0.3 is 20.1 Å². The minimum atomic E-state index is -4.50. The van der Waals surface area contributed by atoms with Gasteiger partial charge in [0.05, 0.1) is 5.39 Å². The van der Waals surface area contributed by atoms with Crippen LogP contribution in [0.15, 0.2) is 33.8 Å². The highest BCUT2D eigenvalue weighted by molar-refractivity contribution is 6.03. The average molecular weight is 274 g/mol. The number of amidine groups is 1. The monoisotopic (exact) mass is 274 g/mol. The second kappa shape index (κ2) is 4.71. The minimum Gasteiger partial charge on any atom is -0.479 e. The number of nitrogens with zero attached hydrogens (tertiary/aromatic N) is 1. The Bertz CT molecular complexity index is 619. The first-order chi connectivity index (χ1) is 8.92. The van der Waals surface area contributed by atoms with Gasteiger partial charge in [-0.1, -0.05) is 17.3 Å². The van der Waals surface area contributed by atoms with Crippen LogP contribution >= 0.6 is 0 Å². The molecule has 1 heterocycles. The number of nitrogens with two attached hydrogens (primary N) is 1. The van der Waals surface area contributed by atoms with Crippen LogP contribution < -0.4 is 10.5 Å². The van der Waals surface area contributed by atoms with Crippen molar-refractivity contribution in [3.05, 3.63) is 30.0 Å². The van der Waals surface area contributed by atoms with Crippen LogP contribution in [0.5, 0.6) is 5.75 Å². The number of halogens is 3. The lowest BCUT2D eigenvalue weighted by atomic mass is 10.2. The van der Waals surface area contributed by atoms with E-state index in [0.29, 0.717) is 5.39 Å². The number of fused-ring (bicyclic) bond motifs is 1. The van der Waals surface area contributed by atoms with Crippen LogP contribution in [0.2, 0.25) is 0 Å². The van der Waals surface area contributed by atoms with Crippen molar-refractivity contribution in [1.29, 1.82) is 0 Å². The van der Waals surface area contributed by atoms with E-state index in [1.165, 1.54) is 12.1 Å². The Hall–Kier alpha value is -2.38. The van der Waals surface area contributed by atoms with Crippen molar-refractivity contribution in [3.8, 4) is 5.75 Å². The van der Waals surface area contributed by atoms with Gasteiger partial charge in [0.2, 0.25) is 11.6 Å². The van der Waals surface area contributed by atoms with Gasteiger partial charge in [0.1, 0.15) is 5.58 Å². The molecule has 0 aliphatic heterocycles. The molecule has 3 N–H and O–H groups in total. The van der Waals surface area contributed by atoms with Crippen molar-refractivity contribution in [2.75, 3.05) is 6.61 Å². The van der Waals surface area contributed by atoms with E-state index in [1.807, 2.05) is 0 Å². The van der Waals surface area contributed by atoms with Gasteiger partial charge in [0.15, 0.2) is 12.4 Å². The van der Waals surface area contributed by atoms with Gasteiger partial charge in [0.25, 0.3) is 0 Å². The zero-order valence-corrected chi connectivity index (χ0v) is 9.44. The van der Waals surface area contributed by atoms with Gasteiger partial charge in [-0.05, 0) is 12.1 Å². The third-order valence-corrected chi connectivity index (χ3v) is 2.27. The summed E-state index contributed by atoms with van der Waals surface area (Å²) >= 11 is 0. The Morgan fingerprint density at radius 1 is 1.37 bits per heavy atom. The van der Waals surface area contributed by atoms with Crippen LogP contribution in [0.3, 0.4) is 0 Å². The number of alkyl halides is 3. The van der Waals surface area contributed by atoms with Crippen LogP contribution in [0, 0.1) is 0 Å². The highest BCUT2D eigenvalue weighted by Crippen LogP contribution is 2.34. The molecule has 1 aromatic carbocycles. The first kappa shape index (κ1) is 13.1. The molecular weight excluding hydrogens is 265 g/mol. The summed E-state index contributed by atoms with van der Waals surface area (Å²) in [6.07, 6.45) is -4.50. The van der Waals surface area contributed by atoms with Gasteiger partial charge >= 0.3 is 6.18 Å². The van der Waals surface area contributed by atoms with E-state index in [9.17, 15) is 13.2 Å². The first-order valence-electron chi connectivity index (χ1n) is 5.11. The molecule has 0 amide bonds. The van der Waals surface area contributed by atoms with Gasteiger partial charge in [-0.2, -0.15) is 13.2 Å². The lowest BCUT2D eigenvalue weighted by Crippen LogP contribution is -2.21. The van der Waals surface area contributed by atoms with E-state index < -0.39 is 18.6 Å². The minimum absolute atomic E-state index is 0.205. The van der Waals surface area contributed by atoms with Crippen molar-refractivity contribution in [3.63, 3.8) is 0 Å². The average Bonchev–Trinajstić information content (AvgIpc) is 2.73. The molecule has 8 heteroatoms. The number of hydrogen-bond acceptors (Lipinski definition) is 4. The molecule has 0 fully saturated rings. The molecule has 0 spiro atoms. The SMILES string of the molecule is N/C(=N/O)c1oc2ccccc2c1OCC(F)(F)F. The molecule has 0 saturated heterocycles. The Morgan fingerprint density at radius 2 is 2.05 bits per heavy atom. The summed E-state index contributed by atoms with van der Waals surface area (Å²) in [5.74, 6) is -0.912. The number of oxime groups is 1. The van der Waals surface area contributed by atoms with Crippen molar-refractivity contribution < 1.29 is 27.5 Å². The third kappa shape index (κ3) is 2.72. The summed E-state index contributed by atoms with van der Waals surface area (Å²) in [6.45, 7) is -1.50. The molecule has 0 atom stereocenters. The Balaban J connectivity index is 2.49. The highest BCUT2D eigenvalue weighted by atomic mass is 19.4. The fraction of sp³-hybridized carbons (Fsp3) is 0.182. The van der Waals surface area contributed by atoms with Crippen LogP contribution in [0.25, 0.3) is 11.0 Å². The number of hydrogen-bond donors (Lipinski definition) is 2. The molecule has 0 saturated carbocycles. The molecule has 5 nitrogen and oxygen atoms in total. The Labute approximate surface area is 105 Å². The zero-order chi connectivity index (χ0) is 14.0. The van der Waals surface area contributed by atoms with Gasteiger partial charge in [0, 0.05) is 0 Å². The zero-order valence-electron chi connectivity index (χ0n) is 9.44. The normalized spacial score (nSPS) is 12.9. The summed E-state index contributed by atoms with van der Waals surface area (Å²) in [6, 6.07) is 6.28. The van der Waals surface area contributed by atoms with Crippen molar-refractivity contribution in [1.82, 2.24) is 0 Å². The molecule has 2 rings (SSSR count). The number of ether oxygens (including phenoxy) is 1. The van der Waals surface area contributed by atoms with E-state index in [0.717, 1.165) is 0 Å². The standard InChI is InChI=1S/C11H9F3N2O3/c12-11(13,14)5-18-8-6-3-1-2-4-7(6)19-9(8)10(15)16-17/h1-4,17H,5H2,(H2,15,16). The summed E-state index contributed by atoms with van der Waals surface area (Å²) in [5, 5.41) is 11.6. The highest BCUT2D eigenvalue weighted by Gasteiger charge is 2.30. The Morgan fingerprint density at radius 3 is 2.68 bits per heavy atom. The van der Waals surface area contributed by atoms with E-state index in [1.54, 1.807) is 12.1 Å². The molecule has 102 valence electrons. The van der Waals surface area contributed by atoms with Crippen LogP contribution in [-0.2, 0) is 0 Å². The fourth-order valence-corrected chi connectivity index (χ4v) is 1.53. The molecule has 2 aromatic rings. The lowest BCUT2D eigenvalue weighted by molar-refractivity contribution is -0.153.